The van der Waals surface area contributed by atoms with Crippen LogP contribution in [0.2, 0.25) is 0 Å². The maximum absolute atomic E-state index is 12.5. The molecule has 0 aromatic heterocycles. The molecule has 0 atom stereocenters. The maximum Gasteiger partial charge on any atom is 0.255 e. The number of methoxy groups -OCH3 is 2. The highest BCUT2D eigenvalue weighted by Crippen LogP contribution is 2.30. The number of rotatable bonds is 7. The summed E-state index contributed by atoms with van der Waals surface area (Å²) in [6, 6.07) is 13.2. The minimum atomic E-state index is -0.246. The van der Waals surface area contributed by atoms with E-state index in [-0.39, 0.29) is 11.8 Å². The molecule has 0 unspecified atom stereocenters. The largest absolute Gasteiger partial charge is 0.493 e. The van der Waals surface area contributed by atoms with Crippen molar-refractivity contribution >= 4 is 17.5 Å². The quantitative estimate of drug-likeness (QED) is 0.763. The minimum Gasteiger partial charge on any atom is -0.493 e. The Balaban J connectivity index is 1.51. The van der Waals surface area contributed by atoms with Crippen LogP contribution in [-0.4, -0.2) is 39.1 Å². The standard InChI is InChI=1S/C21H24N2O4/c1-26-18-10-5-8-16(20(18)27-2)21(25)22-13-6-11-19(24)23-14-12-15-7-3-4-9-17(15)23/h3-5,7-10H,6,11-14H2,1-2H3,(H,22,25). The van der Waals surface area contributed by atoms with Crippen molar-refractivity contribution in [1.82, 2.24) is 5.32 Å². The molecular weight excluding hydrogens is 344 g/mol. The second-order valence-electron chi connectivity index (χ2n) is 6.32. The Morgan fingerprint density at radius 1 is 1.07 bits per heavy atom. The van der Waals surface area contributed by atoms with Crippen LogP contribution in [0.15, 0.2) is 42.5 Å². The molecule has 0 aliphatic carbocycles. The van der Waals surface area contributed by atoms with Gasteiger partial charge in [0.25, 0.3) is 5.91 Å². The highest BCUT2D eigenvalue weighted by atomic mass is 16.5. The second-order valence-corrected chi connectivity index (χ2v) is 6.32. The molecule has 1 N–H and O–H groups in total. The Morgan fingerprint density at radius 2 is 1.89 bits per heavy atom. The van der Waals surface area contributed by atoms with Gasteiger partial charge in [-0.1, -0.05) is 24.3 Å². The molecule has 0 radical (unpaired) electrons. The molecule has 2 aromatic carbocycles. The van der Waals surface area contributed by atoms with E-state index < -0.39 is 0 Å². The number of carbonyl (C=O) groups is 2. The summed E-state index contributed by atoms with van der Waals surface area (Å²) >= 11 is 0. The summed E-state index contributed by atoms with van der Waals surface area (Å²) in [5, 5.41) is 2.84. The number of hydrogen-bond acceptors (Lipinski definition) is 4. The molecular formula is C21H24N2O4. The fourth-order valence-corrected chi connectivity index (χ4v) is 3.33. The summed E-state index contributed by atoms with van der Waals surface area (Å²) in [7, 11) is 3.03. The van der Waals surface area contributed by atoms with Gasteiger partial charge in [-0.05, 0) is 36.6 Å². The Hall–Kier alpha value is -3.02. The third-order valence-electron chi connectivity index (χ3n) is 4.69. The van der Waals surface area contributed by atoms with Gasteiger partial charge in [0.15, 0.2) is 11.5 Å². The Morgan fingerprint density at radius 3 is 2.67 bits per heavy atom. The summed E-state index contributed by atoms with van der Waals surface area (Å²) in [4.78, 5) is 26.7. The van der Waals surface area contributed by atoms with E-state index in [1.54, 1.807) is 18.2 Å². The zero-order valence-electron chi connectivity index (χ0n) is 15.7. The van der Waals surface area contributed by atoms with Crippen molar-refractivity contribution in [1.29, 1.82) is 0 Å². The van der Waals surface area contributed by atoms with Crippen LogP contribution in [0.5, 0.6) is 11.5 Å². The summed E-state index contributed by atoms with van der Waals surface area (Å²) in [5.41, 5.74) is 2.63. The molecule has 2 aromatic rings. The van der Waals surface area contributed by atoms with Gasteiger partial charge in [-0.3, -0.25) is 9.59 Å². The number of fused-ring (bicyclic) bond motifs is 1. The number of para-hydroxylation sites is 2. The van der Waals surface area contributed by atoms with Crippen LogP contribution < -0.4 is 19.7 Å². The molecule has 6 nitrogen and oxygen atoms in total. The fourth-order valence-electron chi connectivity index (χ4n) is 3.33. The number of anilines is 1. The van der Waals surface area contributed by atoms with Gasteiger partial charge in [-0.25, -0.2) is 0 Å². The van der Waals surface area contributed by atoms with Gasteiger partial charge in [0.05, 0.1) is 19.8 Å². The number of nitrogens with zero attached hydrogens (tertiary/aromatic N) is 1. The lowest BCUT2D eigenvalue weighted by atomic mass is 10.1. The van der Waals surface area contributed by atoms with Crippen molar-refractivity contribution in [3.63, 3.8) is 0 Å². The van der Waals surface area contributed by atoms with Crippen LogP contribution >= 0.6 is 0 Å². The molecule has 27 heavy (non-hydrogen) atoms. The number of benzene rings is 2. The fraction of sp³-hybridized carbons (Fsp3) is 0.333. The van der Waals surface area contributed by atoms with E-state index in [0.717, 1.165) is 18.7 Å². The average molecular weight is 368 g/mol. The highest BCUT2D eigenvalue weighted by molar-refractivity contribution is 5.98. The van der Waals surface area contributed by atoms with Gasteiger partial charge in [0, 0.05) is 25.2 Å². The van der Waals surface area contributed by atoms with Crippen LogP contribution in [0.3, 0.4) is 0 Å². The van der Waals surface area contributed by atoms with E-state index >= 15 is 0 Å². The van der Waals surface area contributed by atoms with Crippen LogP contribution in [0.1, 0.15) is 28.8 Å². The maximum atomic E-state index is 12.5. The number of amides is 2. The molecule has 6 heteroatoms. The van der Waals surface area contributed by atoms with Crippen LogP contribution in [-0.2, 0) is 11.2 Å². The van der Waals surface area contributed by atoms with Crippen LogP contribution in [0.4, 0.5) is 5.69 Å². The van der Waals surface area contributed by atoms with Gasteiger partial charge in [0.2, 0.25) is 5.91 Å². The third-order valence-corrected chi connectivity index (χ3v) is 4.69. The van der Waals surface area contributed by atoms with Gasteiger partial charge in [0.1, 0.15) is 0 Å². The first-order valence-electron chi connectivity index (χ1n) is 9.03. The third kappa shape index (κ3) is 4.05. The molecule has 3 rings (SSSR count). The first kappa shape index (κ1) is 18.8. The zero-order valence-corrected chi connectivity index (χ0v) is 15.7. The lowest BCUT2D eigenvalue weighted by Gasteiger charge is -2.17. The van der Waals surface area contributed by atoms with Crippen molar-refractivity contribution in [3.05, 3.63) is 53.6 Å². The summed E-state index contributed by atoms with van der Waals surface area (Å²) < 4.78 is 10.5. The SMILES string of the molecule is COc1cccc(C(=O)NCCCC(=O)N2CCc3ccccc32)c1OC. The summed E-state index contributed by atoms with van der Waals surface area (Å²) in [6.45, 7) is 1.14. The van der Waals surface area contributed by atoms with E-state index in [4.69, 9.17) is 9.47 Å². The molecule has 2 amide bonds. The molecule has 0 bridgehead atoms. The highest BCUT2D eigenvalue weighted by Gasteiger charge is 2.23. The lowest BCUT2D eigenvalue weighted by Crippen LogP contribution is -2.30. The van der Waals surface area contributed by atoms with Crippen LogP contribution in [0, 0.1) is 0 Å². The predicted molar refractivity (Wildman–Crippen MR) is 104 cm³/mol. The Kier molecular flexibility index (Phi) is 5.96. The van der Waals surface area contributed by atoms with Crippen molar-refractivity contribution in [2.75, 3.05) is 32.2 Å². The molecule has 1 aliphatic heterocycles. The first-order valence-corrected chi connectivity index (χ1v) is 9.03. The monoisotopic (exact) mass is 368 g/mol. The average Bonchev–Trinajstić information content (AvgIpc) is 3.14. The zero-order chi connectivity index (χ0) is 19.2. The van der Waals surface area contributed by atoms with Crippen molar-refractivity contribution < 1.29 is 19.1 Å². The van der Waals surface area contributed by atoms with Gasteiger partial charge < -0.3 is 19.7 Å². The van der Waals surface area contributed by atoms with E-state index in [2.05, 4.69) is 11.4 Å². The van der Waals surface area contributed by atoms with Crippen LogP contribution in [0.25, 0.3) is 0 Å². The topological polar surface area (TPSA) is 67.9 Å². The lowest BCUT2D eigenvalue weighted by molar-refractivity contribution is -0.118. The summed E-state index contributed by atoms with van der Waals surface area (Å²) in [6.07, 6.45) is 1.87. The van der Waals surface area contributed by atoms with Crippen molar-refractivity contribution in [3.8, 4) is 11.5 Å². The van der Waals surface area contributed by atoms with Gasteiger partial charge >= 0.3 is 0 Å². The van der Waals surface area contributed by atoms with E-state index in [1.165, 1.54) is 19.8 Å². The summed E-state index contributed by atoms with van der Waals surface area (Å²) in [5.74, 6) is 0.758. The Bertz CT molecular complexity index is 835. The predicted octanol–water partition coefficient (Wildman–Crippen LogP) is 2.80. The van der Waals surface area contributed by atoms with Crippen molar-refractivity contribution in [2.24, 2.45) is 0 Å². The Labute approximate surface area is 159 Å². The van der Waals surface area contributed by atoms with Crippen molar-refractivity contribution in [2.45, 2.75) is 19.3 Å². The minimum absolute atomic E-state index is 0.0909. The molecule has 0 saturated heterocycles. The number of ether oxygens (including phenoxy) is 2. The molecule has 0 fully saturated rings. The van der Waals surface area contributed by atoms with E-state index in [1.807, 2.05) is 23.1 Å². The number of carbonyl (C=O) groups excluding carboxylic acids is 2. The van der Waals surface area contributed by atoms with E-state index in [9.17, 15) is 9.59 Å². The number of hydrogen-bond donors (Lipinski definition) is 1. The molecule has 142 valence electrons. The molecule has 0 spiro atoms. The van der Waals surface area contributed by atoms with Gasteiger partial charge in [-0.2, -0.15) is 0 Å². The second kappa shape index (κ2) is 8.58. The smallest absolute Gasteiger partial charge is 0.255 e. The van der Waals surface area contributed by atoms with E-state index in [0.29, 0.717) is 36.4 Å². The number of nitrogens with one attached hydrogen (secondary N) is 1. The molecule has 1 aliphatic rings. The molecule has 0 saturated carbocycles. The first-order chi connectivity index (χ1) is 13.2. The molecule has 1 heterocycles. The normalized spacial score (nSPS) is 12.4. The van der Waals surface area contributed by atoms with Gasteiger partial charge in [-0.15, -0.1) is 0 Å².